The second kappa shape index (κ2) is 6.55. The van der Waals surface area contributed by atoms with Crippen LogP contribution in [0.3, 0.4) is 0 Å². The number of aromatic nitrogens is 3. The van der Waals surface area contributed by atoms with Crippen molar-refractivity contribution in [2.24, 2.45) is 7.05 Å². The maximum Gasteiger partial charge on any atom is 0.141 e. The highest BCUT2D eigenvalue weighted by atomic mass is 16.5. The molecule has 0 amide bonds. The van der Waals surface area contributed by atoms with Gasteiger partial charge in [0.05, 0.1) is 16.7 Å². The second-order valence-corrected chi connectivity index (χ2v) is 8.87. The Morgan fingerprint density at radius 2 is 1.77 bits per heavy atom. The Kier molecular flexibility index (Phi) is 3.88. The van der Waals surface area contributed by atoms with E-state index in [0.717, 1.165) is 28.1 Å². The molecule has 2 aromatic heterocycles. The molecule has 0 unspecified atom stereocenters. The van der Waals surface area contributed by atoms with E-state index in [1.807, 2.05) is 13.8 Å². The summed E-state index contributed by atoms with van der Waals surface area (Å²) in [5.74, 6) is 2.63. The third kappa shape index (κ3) is 2.74. The molecule has 1 saturated carbocycles. The molecule has 0 radical (unpaired) electrons. The lowest BCUT2D eigenvalue weighted by atomic mass is 9.90. The number of hydrogen-bond donors (Lipinski definition) is 0. The zero-order chi connectivity index (χ0) is 21.3. The lowest BCUT2D eigenvalue weighted by Crippen LogP contribution is -1.97. The highest BCUT2D eigenvalue weighted by Crippen LogP contribution is 2.44. The van der Waals surface area contributed by atoms with E-state index in [0.29, 0.717) is 5.92 Å². The standard InChI is InChI=1S/C27H25N3O/c1-15-9-10-18-7-5-6-8-21(18)24(15)22-13-20(25-16(2)29-31-17(25)3)14-23-26(22)30(4)27(28-23)19-11-12-19/h5-10,13-14,19H,11-12H2,1-4H3. The van der Waals surface area contributed by atoms with E-state index < -0.39 is 0 Å². The molecule has 31 heavy (non-hydrogen) atoms. The lowest BCUT2D eigenvalue weighted by Gasteiger charge is -2.15. The molecule has 0 atom stereocenters. The lowest BCUT2D eigenvalue weighted by molar-refractivity contribution is 0.393. The summed E-state index contributed by atoms with van der Waals surface area (Å²) < 4.78 is 7.82. The molecule has 0 bridgehead atoms. The number of aryl methyl sites for hydroxylation is 4. The van der Waals surface area contributed by atoms with Gasteiger partial charge in [-0.15, -0.1) is 0 Å². The molecule has 1 aliphatic rings. The van der Waals surface area contributed by atoms with Gasteiger partial charge in [0.2, 0.25) is 0 Å². The van der Waals surface area contributed by atoms with Gasteiger partial charge in [-0.3, -0.25) is 0 Å². The molecule has 0 spiro atoms. The maximum atomic E-state index is 5.50. The predicted molar refractivity (Wildman–Crippen MR) is 125 cm³/mol. The van der Waals surface area contributed by atoms with Gasteiger partial charge in [0.1, 0.15) is 11.6 Å². The quantitative estimate of drug-likeness (QED) is 0.328. The summed E-state index contributed by atoms with van der Waals surface area (Å²) in [6, 6.07) is 17.6. The van der Waals surface area contributed by atoms with Gasteiger partial charge >= 0.3 is 0 Å². The molecule has 1 aliphatic carbocycles. The number of rotatable bonds is 3. The normalized spacial score (nSPS) is 14.1. The monoisotopic (exact) mass is 407 g/mol. The molecule has 0 N–H and O–H groups in total. The number of hydrogen-bond acceptors (Lipinski definition) is 3. The van der Waals surface area contributed by atoms with E-state index in [2.05, 4.69) is 72.2 Å². The van der Waals surface area contributed by atoms with Crippen molar-refractivity contribution < 1.29 is 4.52 Å². The van der Waals surface area contributed by atoms with E-state index in [1.165, 1.54) is 51.6 Å². The highest BCUT2D eigenvalue weighted by molar-refractivity contribution is 6.06. The third-order valence-electron chi connectivity index (χ3n) is 6.68. The fourth-order valence-electron chi connectivity index (χ4n) is 5.04. The van der Waals surface area contributed by atoms with Gasteiger partial charge < -0.3 is 9.09 Å². The second-order valence-electron chi connectivity index (χ2n) is 8.87. The fraction of sp³-hybridized carbons (Fsp3) is 0.259. The molecule has 5 aromatic rings. The summed E-state index contributed by atoms with van der Waals surface area (Å²) in [5, 5.41) is 6.73. The highest BCUT2D eigenvalue weighted by Gasteiger charge is 2.30. The molecule has 0 saturated heterocycles. The summed E-state index contributed by atoms with van der Waals surface area (Å²) in [6.07, 6.45) is 2.47. The minimum Gasteiger partial charge on any atom is -0.361 e. The Labute approximate surface area is 181 Å². The number of imidazole rings is 1. The summed E-state index contributed by atoms with van der Waals surface area (Å²) in [7, 11) is 2.17. The van der Waals surface area contributed by atoms with Crippen LogP contribution in [-0.2, 0) is 7.05 Å². The van der Waals surface area contributed by atoms with Crippen molar-refractivity contribution in [3.8, 4) is 22.3 Å². The molecule has 154 valence electrons. The Balaban J connectivity index is 1.75. The Hall–Kier alpha value is -3.40. The predicted octanol–water partition coefficient (Wildman–Crippen LogP) is 6.85. The SMILES string of the molecule is Cc1ccc2ccccc2c1-c1cc(-c2c(C)noc2C)cc2nc(C3CC3)n(C)c12. The molecule has 4 heteroatoms. The molecule has 3 aromatic carbocycles. The van der Waals surface area contributed by atoms with E-state index in [-0.39, 0.29) is 0 Å². The number of benzene rings is 3. The van der Waals surface area contributed by atoms with E-state index in [1.54, 1.807) is 0 Å². The third-order valence-corrected chi connectivity index (χ3v) is 6.68. The number of nitrogens with zero attached hydrogens (tertiary/aromatic N) is 3. The van der Waals surface area contributed by atoms with Gasteiger partial charge in [-0.1, -0.05) is 41.6 Å². The molecule has 4 nitrogen and oxygen atoms in total. The van der Waals surface area contributed by atoms with E-state index in [9.17, 15) is 0 Å². The van der Waals surface area contributed by atoms with Crippen LogP contribution in [0.25, 0.3) is 44.1 Å². The minimum absolute atomic E-state index is 0.585. The minimum atomic E-state index is 0.585. The first-order valence-electron chi connectivity index (χ1n) is 10.9. The Bertz CT molecular complexity index is 1460. The van der Waals surface area contributed by atoms with Crippen LogP contribution in [-0.4, -0.2) is 14.7 Å². The van der Waals surface area contributed by atoms with E-state index in [4.69, 9.17) is 9.51 Å². The van der Waals surface area contributed by atoms with Gasteiger partial charge in [-0.05, 0) is 73.2 Å². The van der Waals surface area contributed by atoms with Gasteiger partial charge in [-0.2, -0.15) is 0 Å². The van der Waals surface area contributed by atoms with Gasteiger partial charge in [0.15, 0.2) is 0 Å². The van der Waals surface area contributed by atoms with Gasteiger partial charge in [-0.25, -0.2) is 4.98 Å². The number of fused-ring (bicyclic) bond motifs is 2. The van der Waals surface area contributed by atoms with Crippen LogP contribution in [0, 0.1) is 20.8 Å². The topological polar surface area (TPSA) is 43.9 Å². The van der Waals surface area contributed by atoms with Crippen molar-refractivity contribution in [3.63, 3.8) is 0 Å². The Morgan fingerprint density at radius 1 is 0.968 bits per heavy atom. The summed E-state index contributed by atoms with van der Waals surface area (Å²) in [5.41, 5.74) is 9.12. The van der Waals surface area contributed by atoms with Crippen molar-refractivity contribution in [2.45, 2.75) is 39.5 Å². The van der Waals surface area contributed by atoms with Crippen molar-refractivity contribution in [2.75, 3.05) is 0 Å². The Morgan fingerprint density at radius 3 is 2.52 bits per heavy atom. The van der Waals surface area contributed by atoms with Crippen LogP contribution in [0.5, 0.6) is 0 Å². The van der Waals surface area contributed by atoms with Crippen LogP contribution >= 0.6 is 0 Å². The first kappa shape index (κ1) is 18.4. The summed E-state index contributed by atoms with van der Waals surface area (Å²) >= 11 is 0. The van der Waals surface area contributed by atoms with Crippen molar-refractivity contribution in [1.29, 1.82) is 0 Å². The average molecular weight is 408 g/mol. The van der Waals surface area contributed by atoms with Crippen LogP contribution in [0.4, 0.5) is 0 Å². The van der Waals surface area contributed by atoms with Gasteiger partial charge in [0.25, 0.3) is 0 Å². The molecule has 2 heterocycles. The average Bonchev–Trinajstić information content (AvgIpc) is 3.48. The van der Waals surface area contributed by atoms with Gasteiger partial charge in [0, 0.05) is 24.1 Å². The zero-order valence-electron chi connectivity index (χ0n) is 18.4. The van der Waals surface area contributed by atoms with Crippen LogP contribution in [0.2, 0.25) is 0 Å². The fourth-order valence-corrected chi connectivity index (χ4v) is 5.04. The van der Waals surface area contributed by atoms with Crippen molar-refractivity contribution in [1.82, 2.24) is 14.7 Å². The molecular formula is C27H25N3O. The van der Waals surface area contributed by atoms with E-state index >= 15 is 0 Å². The maximum absolute atomic E-state index is 5.50. The van der Waals surface area contributed by atoms with Crippen LogP contribution < -0.4 is 0 Å². The molecule has 6 rings (SSSR count). The largest absolute Gasteiger partial charge is 0.361 e. The molecule has 1 fully saturated rings. The van der Waals surface area contributed by atoms with Crippen LogP contribution in [0.1, 0.15) is 41.6 Å². The molecule has 0 aliphatic heterocycles. The van der Waals surface area contributed by atoms with Crippen molar-refractivity contribution in [3.05, 3.63) is 71.4 Å². The summed E-state index contributed by atoms with van der Waals surface area (Å²) in [6.45, 7) is 6.19. The molecular weight excluding hydrogens is 382 g/mol. The van der Waals surface area contributed by atoms with Crippen LogP contribution in [0.15, 0.2) is 53.1 Å². The smallest absolute Gasteiger partial charge is 0.141 e. The van der Waals surface area contributed by atoms with Crippen molar-refractivity contribution >= 4 is 21.8 Å². The first-order chi connectivity index (χ1) is 15.0. The summed E-state index contributed by atoms with van der Waals surface area (Å²) in [4.78, 5) is 5.11. The first-order valence-corrected chi connectivity index (χ1v) is 10.9. The zero-order valence-corrected chi connectivity index (χ0v) is 18.4.